The molecule has 0 bridgehead atoms. The molecule has 0 saturated carbocycles. The summed E-state index contributed by atoms with van der Waals surface area (Å²) >= 11 is 0. The van der Waals surface area contributed by atoms with Gasteiger partial charge in [0, 0.05) is 12.2 Å². The minimum absolute atomic E-state index is 0.0236. The number of rotatable bonds is 4. The smallest absolute Gasteiger partial charge is 0.313 e. The van der Waals surface area contributed by atoms with Crippen LogP contribution in [-0.4, -0.2) is 23.5 Å². The van der Waals surface area contributed by atoms with Gasteiger partial charge in [0.05, 0.1) is 6.10 Å². The normalized spacial score (nSPS) is 11.5. The van der Waals surface area contributed by atoms with Gasteiger partial charge in [-0.3, -0.25) is 9.59 Å². The molecule has 0 spiro atoms. The van der Waals surface area contributed by atoms with Crippen LogP contribution in [0, 0.1) is 6.92 Å². The van der Waals surface area contributed by atoms with E-state index >= 15 is 0 Å². The van der Waals surface area contributed by atoms with Crippen molar-refractivity contribution in [2.24, 2.45) is 0 Å². The third kappa shape index (κ3) is 4.43. The lowest BCUT2D eigenvalue weighted by Crippen LogP contribution is -2.37. The average Bonchev–Trinajstić information content (AvgIpc) is 2.55. The highest BCUT2D eigenvalue weighted by Gasteiger charge is 2.15. The number of hydrogen-bond acceptors (Lipinski definition) is 3. The lowest BCUT2D eigenvalue weighted by molar-refractivity contribution is -0.136. The molecule has 0 aliphatic heterocycles. The molecule has 0 fully saturated rings. The number of aryl methyl sites for hydroxylation is 1. The van der Waals surface area contributed by atoms with Crippen molar-refractivity contribution in [2.75, 3.05) is 11.9 Å². The third-order valence-corrected chi connectivity index (χ3v) is 3.16. The number of amides is 2. The maximum atomic E-state index is 11.7. The number of carbonyl (C=O) groups excluding carboxylic acids is 2. The van der Waals surface area contributed by atoms with Gasteiger partial charge in [-0.2, -0.15) is 0 Å². The van der Waals surface area contributed by atoms with Gasteiger partial charge in [-0.05, 0) is 24.6 Å². The molecule has 0 aromatic heterocycles. The zero-order valence-electron chi connectivity index (χ0n) is 12.2. The van der Waals surface area contributed by atoms with Crippen LogP contribution in [0.25, 0.3) is 0 Å². The molecule has 2 rings (SSSR count). The Morgan fingerprint density at radius 1 is 1.00 bits per heavy atom. The Morgan fingerprint density at radius 3 is 2.27 bits per heavy atom. The predicted molar refractivity (Wildman–Crippen MR) is 84.2 cm³/mol. The van der Waals surface area contributed by atoms with Crippen molar-refractivity contribution < 1.29 is 14.7 Å². The quantitative estimate of drug-likeness (QED) is 0.753. The van der Waals surface area contributed by atoms with Crippen molar-refractivity contribution >= 4 is 17.5 Å². The second-order valence-corrected chi connectivity index (χ2v) is 4.96. The zero-order chi connectivity index (χ0) is 15.9. The highest BCUT2D eigenvalue weighted by molar-refractivity contribution is 6.39. The highest BCUT2D eigenvalue weighted by Crippen LogP contribution is 2.11. The first-order chi connectivity index (χ1) is 10.6. The summed E-state index contributed by atoms with van der Waals surface area (Å²) in [5, 5.41) is 14.8. The molecule has 0 aliphatic rings. The van der Waals surface area contributed by atoms with Gasteiger partial charge in [-0.15, -0.1) is 0 Å². The van der Waals surface area contributed by atoms with E-state index < -0.39 is 17.9 Å². The number of aliphatic hydroxyl groups is 1. The molecular formula is C17H18N2O3. The average molecular weight is 298 g/mol. The Morgan fingerprint density at radius 2 is 1.64 bits per heavy atom. The molecular weight excluding hydrogens is 280 g/mol. The van der Waals surface area contributed by atoms with E-state index in [-0.39, 0.29) is 6.54 Å². The highest BCUT2D eigenvalue weighted by atomic mass is 16.3. The van der Waals surface area contributed by atoms with Gasteiger partial charge < -0.3 is 15.7 Å². The molecule has 5 heteroatoms. The van der Waals surface area contributed by atoms with E-state index in [9.17, 15) is 14.7 Å². The maximum Gasteiger partial charge on any atom is 0.313 e. The second-order valence-electron chi connectivity index (χ2n) is 4.96. The molecule has 5 nitrogen and oxygen atoms in total. The Hall–Kier alpha value is -2.66. The van der Waals surface area contributed by atoms with E-state index in [0.29, 0.717) is 11.3 Å². The zero-order valence-corrected chi connectivity index (χ0v) is 12.2. The van der Waals surface area contributed by atoms with E-state index in [1.54, 1.807) is 36.4 Å². The van der Waals surface area contributed by atoms with Gasteiger partial charge in [0.1, 0.15) is 0 Å². The molecule has 2 aromatic carbocycles. The fraction of sp³-hybridized carbons (Fsp3) is 0.176. The molecule has 0 heterocycles. The van der Waals surface area contributed by atoms with Crippen LogP contribution in [0.1, 0.15) is 17.2 Å². The van der Waals surface area contributed by atoms with Crippen molar-refractivity contribution in [1.82, 2.24) is 5.32 Å². The van der Waals surface area contributed by atoms with Crippen LogP contribution in [0.2, 0.25) is 0 Å². The first kappa shape index (κ1) is 15.7. The number of benzene rings is 2. The number of nitrogens with one attached hydrogen (secondary N) is 2. The lowest BCUT2D eigenvalue weighted by Gasteiger charge is -2.12. The van der Waals surface area contributed by atoms with Crippen LogP contribution in [0.4, 0.5) is 5.69 Å². The number of carbonyl (C=O) groups is 2. The molecule has 0 unspecified atom stereocenters. The summed E-state index contributed by atoms with van der Waals surface area (Å²) in [5.41, 5.74) is 2.30. The van der Waals surface area contributed by atoms with Crippen LogP contribution in [0.15, 0.2) is 54.6 Å². The molecule has 0 radical (unpaired) electrons. The summed E-state index contributed by atoms with van der Waals surface area (Å²) in [4.78, 5) is 23.5. The van der Waals surface area contributed by atoms with Crippen molar-refractivity contribution in [2.45, 2.75) is 13.0 Å². The van der Waals surface area contributed by atoms with Crippen molar-refractivity contribution in [3.63, 3.8) is 0 Å². The van der Waals surface area contributed by atoms with Crippen molar-refractivity contribution in [3.8, 4) is 0 Å². The molecule has 0 aliphatic carbocycles. The molecule has 2 aromatic rings. The van der Waals surface area contributed by atoms with Crippen molar-refractivity contribution in [1.29, 1.82) is 0 Å². The summed E-state index contributed by atoms with van der Waals surface area (Å²) in [5.74, 6) is -1.54. The van der Waals surface area contributed by atoms with E-state index in [1.165, 1.54) is 0 Å². The van der Waals surface area contributed by atoms with E-state index in [2.05, 4.69) is 10.6 Å². The maximum absolute atomic E-state index is 11.7. The first-order valence-corrected chi connectivity index (χ1v) is 6.95. The van der Waals surface area contributed by atoms with Crippen LogP contribution < -0.4 is 10.6 Å². The minimum Gasteiger partial charge on any atom is -0.387 e. The SMILES string of the molecule is Cc1ccc(NC(=O)C(=O)NC[C@H](O)c2ccccc2)cc1. The number of hydrogen-bond donors (Lipinski definition) is 3. The van der Waals surface area contributed by atoms with Crippen molar-refractivity contribution in [3.05, 3.63) is 65.7 Å². The van der Waals surface area contributed by atoms with Gasteiger partial charge >= 0.3 is 11.8 Å². The standard InChI is InChI=1S/C17H18N2O3/c1-12-7-9-14(10-8-12)19-17(22)16(21)18-11-15(20)13-5-3-2-4-6-13/h2-10,15,20H,11H2,1H3,(H,18,21)(H,19,22)/t15-/m0/s1. The van der Waals surface area contributed by atoms with E-state index in [0.717, 1.165) is 5.56 Å². The minimum atomic E-state index is -0.850. The van der Waals surface area contributed by atoms with E-state index in [1.807, 2.05) is 25.1 Å². The fourth-order valence-electron chi connectivity index (χ4n) is 1.89. The summed E-state index contributed by atoms with van der Waals surface area (Å²) in [6.45, 7) is 1.91. The third-order valence-electron chi connectivity index (χ3n) is 3.16. The molecule has 3 N–H and O–H groups in total. The Bertz CT molecular complexity index is 639. The Balaban J connectivity index is 1.84. The largest absolute Gasteiger partial charge is 0.387 e. The molecule has 1 atom stereocenters. The summed E-state index contributed by atoms with van der Waals surface area (Å²) < 4.78 is 0. The second kappa shape index (κ2) is 7.38. The first-order valence-electron chi connectivity index (χ1n) is 6.95. The monoisotopic (exact) mass is 298 g/mol. The van der Waals surface area contributed by atoms with Crippen LogP contribution >= 0.6 is 0 Å². The molecule has 0 saturated heterocycles. The number of anilines is 1. The number of aliphatic hydroxyl groups excluding tert-OH is 1. The van der Waals surface area contributed by atoms with Gasteiger partial charge in [0.15, 0.2) is 0 Å². The van der Waals surface area contributed by atoms with Gasteiger partial charge in [-0.1, -0.05) is 48.0 Å². The van der Waals surface area contributed by atoms with Gasteiger partial charge in [-0.25, -0.2) is 0 Å². The molecule has 22 heavy (non-hydrogen) atoms. The van der Waals surface area contributed by atoms with E-state index in [4.69, 9.17) is 0 Å². The van der Waals surface area contributed by atoms with Crippen LogP contribution in [0.5, 0.6) is 0 Å². The molecule has 2 amide bonds. The summed E-state index contributed by atoms with van der Waals surface area (Å²) in [6.07, 6.45) is -0.850. The van der Waals surface area contributed by atoms with Gasteiger partial charge in [0.25, 0.3) is 0 Å². The summed E-state index contributed by atoms with van der Waals surface area (Å²) in [6, 6.07) is 16.1. The lowest BCUT2D eigenvalue weighted by atomic mass is 10.1. The van der Waals surface area contributed by atoms with Crippen LogP contribution in [-0.2, 0) is 9.59 Å². The predicted octanol–water partition coefficient (Wildman–Crippen LogP) is 1.78. The van der Waals surface area contributed by atoms with Gasteiger partial charge in [0.2, 0.25) is 0 Å². The van der Waals surface area contributed by atoms with Crippen LogP contribution in [0.3, 0.4) is 0 Å². The fourth-order valence-corrected chi connectivity index (χ4v) is 1.89. The Kier molecular flexibility index (Phi) is 5.27. The topological polar surface area (TPSA) is 78.4 Å². The molecule has 114 valence electrons. The Labute approximate surface area is 129 Å². The summed E-state index contributed by atoms with van der Waals surface area (Å²) in [7, 11) is 0.